The summed E-state index contributed by atoms with van der Waals surface area (Å²) in [5.74, 6) is -0.840. The molecule has 2 heterocycles. The predicted octanol–water partition coefficient (Wildman–Crippen LogP) is 2.53. The lowest BCUT2D eigenvalue weighted by molar-refractivity contribution is -0.131. The van der Waals surface area contributed by atoms with Gasteiger partial charge in [-0.05, 0) is 30.3 Å². The highest BCUT2D eigenvalue weighted by atomic mass is 19.1. The minimum absolute atomic E-state index is 0.00788. The number of hydrogen-bond acceptors (Lipinski definition) is 10. The Hall–Kier alpha value is -5.40. The van der Waals surface area contributed by atoms with Crippen LogP contribution in [-0.4, -0.2) is 52.9 Å². The lowest BCUT2D eigenvalue weighted by Crippen LogP contribution is -2.18. The molecule has 0 saturated heterocycles. The first-order chi connectivity index (χ1) is 19.2. The Morgan fingerprint density at radius 2 is 1.77 bits per heavy atom. The monoisotopic (exact) mass is 551 g/mol. The number of benzene rings is 2. The number of pyridine rings is 1. The van der Waals surface area contributed by atoms with E-state index in [2.05, 4.69) is 20.4 Å². The molecule has 2 aromatic carbocycles. The van der Waals surface area contributed by atoms with Gasteiger partial charge in [0.05, 0.1) is 26.9 Å². The van der Waals surface area contributed by atoms with Crippen molar-refractivity contribution in [2.45, 2.75) is 13.0 Å². The Balaban J connectivity index is 1.88. The van der Waals surface area contributed by atoms with E-state index >= 15 is 4.39 Å². The molecule has 0 amide bonds. The molecule has 0 spiro atoms. The van der Waals surface area contributed by atoms with Gasteiger partial charge in [-0.25, -0.2) is 14.2 Å². The van der Waals surface area contributed by atoms with Gasteiger partial charge < -0.3 is 30.0 Å². The van der Waals surface area contributed by atoms with E-state index in [-0.39, 0.29) is 51.6 Å². The van der Waals surface area contributed by atoms with Crippen LogP contribution in [0.2, 0.25) is 0 Å². The number of esters is 1. The van der Waals surface area contributed by atoms with Gasteiger partial charge in [-0.15, -0.1) is 5.10 Å². The molecule has 0 radical (unpaired) electrons. The number of H-pyrrole nitrogens is 1. The van der Waals surface area contributed by atoms with Gasteiger partial charge in [0.2, 0.25) is 5.82 Å². The Kier molecular flexibility index (Phi) is 7.98. The van der Waals surface area contributed by atoms with Crippen LogP contribution in [0, 0.1) is 11.2 Å². The molecular weight excluding hydrogens is 525 g/mol. The number of hydrogen-bond donors (Lipinski definition) is 4. The number of nitrogen functional groups attached to an aromatic ring is 1. The lowest BCUT2D eigenvalue weighted by atomic mass is 10.0. The third-order valence-corrected chi connectivity index (χ3v) is 5.73. The van der Waals surface area contributed by atoms with E-state index in [4.69, 9.17) is 30.1 Å². The maximum Gasteiger partial charge on any atom is 0.349 e. The smallest absolute Gasteiger partial charge is 0.349 e. The number of halogens is 1. The van der Waals surface area contributed by atoms with Gasteiger partial charge >= 0.3 is 11.7 Å². The van der Waals surface area contributed by atoms with Crippen molar-refractivity contribution in [3.05, 3.63) is 81.9 Å². The number of ether oxygens (including phenoxy) is 4. The summed E-state index contributed by atoms with van der Waals surface area (Å²) in [5, 5.41) is 15.3. The van der Waals surface area contributed by atoms with E-state index in [0.717, 1.165) is 10.7 Å². The van der Waals surface area contributed by atoms with E-state index in [0.29, 0.717) is 5.69 Å². The Bertz CT molecular complexity index is 1630. The van der Waals surface area contributed by atoms with Gasteiger partial charge in [-0.3, -0.25) is 15.2 Å². The van der Waals surface area contributed by atoms with Crippen LogP contribution >= 0.6 is 0 Å². The highest BCUT2D eigenvalue weighted by Crippen LogP contribution is 2.36. The number of carbonyl (C=O) groups excluding carboxylic acids is 1. The highest BCUT2D eigenvalue weighted by molar-refractivity contribution is 5.98. The Morgan fingerprint density at radius 3 is 2.42 bits per heavy atom. The number of nitrogens with zero attached hydrogens (tertiary/aromatic N) is 3. The molecule has 2 aromatic heterocycles. The number of methoxy groups -OCH3 is 3. The van der Waals surface area contributed by atoms with Crippen molar-refractivity contribution in [1.29, 1.82) is 5.41 Å². The molecule has 5 N–H and O–H groups in total. The largest absolute Gasteiger partial charge is 0.493 e. The zero-order chi connectivity index (χ0) is 29.0. The van der Waals surface area contributed by atoms with Crippen LogP contribution in [0.15, 0.2) is 53.5 Å². The summed E-state index contributed by atoms with van der Waals surface area (Å²) in [6.07, 6.45) is 1.47. The first-order valence-corrected chi connectivity index (χ1v) is 11.7. The van der Waals surface area contributed by atoms with Crippen molar-refractivity contribution in [3.8, 4) is 28.8 Å². The summed E-state index contributed by atoms with van der Waals surface area (Å²) in [7, 11) is 4.20. The van der Waals surface area contributed by atoms with E-state index in [1.807, 2.05) is 0 Å². The van der Waals surface area contributed by atoms with Crippen LogP contribution in [0.25, 0.3) is 5.82 Å². The zero-order valence-corrected chi connectivity index (χ0v) is 21.9. The molecule has 0 aliphatic rings. The van der Waals surface area contributed by atoms with E-state index in [1.165, 1.54) is 52.6 Å². The van der Waals surface area contributed by atoms with Crippen molar-refractivity contribution >= 4 is 17.5 Å². The summed E-state index contributed by atoms with van der Waals surface area (Å²) in [4.78, 5) is 31.5. The second-order valence-corrected chi connectivity index (χ2v) is 8.28. The molecule has 13 nitrogen and oxygen atoms in total. The number of aromatic nitrogens is 4. The molecule has 0 aliphatic carbocycles. The fourth-order valence-corrected chi connectivity index (χ4v) is 3.94. The molecule has 1 unspecified atom stereocenters. The van der Waals surface area contributed by atoms with Crippen LogP contribution in [0.1, 0.15) is 29.9 Å². The Morgan fingerprint density at radius 1 is 1.07 bits per heavy atom. The van der Waals surface area contributed by atoms with Crippen molar-refractivity contribution in [3.63, 3.8) is 0 Å². The first-order valence-electron chi connectivity index (χ1n) is 11.7. The first kappa shape index (κ1) is 27.6. The third kappa shape index (κ3) is 5.55. The standard InChI is InChI=1S/C26H26FN7O6/c1-13(35)40-19-10-14(7-8-15(19)23(28)29)31-22(16-11-20(38-3)21(39-4)12-17(16)27)24-32-26(36)34(33-24)25-18(37-2)6-5-9-30-25/h5-12,22,31H,1-4H3,(H3,28,29)(H,32,33,36). The maximum atomic E-state index is 15.5. The number of rotatable bonds is 10. The van der Waals surface area contributed by atoms with E-state index in [9.17, 15) is 9.59 Å². The van der Waals surface area contributed by atoms with Crippen LogP contribution in [0.4, 0.5) is 10.1 Å². The summed E-state index contributed by atoms with van der Waals surface area (Å²) < 4.78 is 37.6. The fraction of sp³-hybridized carbons (Fsp3) is 0.192. The number of carbonyl (C=O) groups is 1. The molecule has 0 fully saturated rings. The topological polar surface area (TPSA) is 179 Å². The van der Waals surface area contributed by atoms with Gasteiger partial charge in [0.1, 0.15) is 23.4 Å². The van der Waals surface area contributed by atoms with Crippen molar-refractivity contribution < 1.29 is 28.1 Å². The van der Waals surface area contributed by atoms with Gasteiger partial charge in [0, 0.05) is 36.5 Å². The minimum Gasteiger partial charge on any atom is -0.493 e. The van der Waals surface area contributed by atoms with Gasteiger partial charge in [-0.2, -0.15) is 4.68 Å². The number of nitrogens with one attached hydrogen (secondary N) is 3. The average molecular weight is 552 g/mol. The summed E-state index contributed by atoms with van der Waals surface area (Å²) in [6, 6.07) is 9.11. The normalized spacial score (nSPS) is 11.4. The predicted molar refractivity (Wildman–Crippen MR) is 142 cm³/mol. The maximum absolute atomic E-state index is 15.5. The molecule has 0 aliphatic heterocycles. The average Bonchev–Trinajstić information content (AvgIpc) is 3.32. The molecule has 40 heavy (non-hydrogen) atoms. The van der Waals surface area contributed by atoms with Crippen LogP contribution in [0.3, 0.4) is 0 Å². The molecule has 0 saturated carbocycles. The van der Waals surface area contributed by atoms with Crippen molar-refractivity contribution in [2.75, 3.05) is 26.6 Å². The second-order valence-electron chi connectivity index (χ2n) is 8.28. The summed E-state index contributed by atoms with van der Waals surface area (Å²) >= 11 is 0. The fourth-order valence-electron chi connectivity index (χ4n) is 3.94. The molecule has 0 bridgehead atoms. The van der Waals surface area contributed by atoms with Crippen LogP contribution in [-0.2, 0) is 4.79 Å². The highest BCUT2D eigenvalue weighted by Gasteiger charge is 2.27. The SMILES string of the molecule is COc1cc(F)c(C(Nc2ccc(C(=N)N)c(OC(C)=O)c2)c2nn(-c3ncccc3OC)c(=O)[nH]2)cc1OC. The number of anilines is 1. The Labute approximate surface area is 227 Å². The van der Waals surface area contributed by atoms with Gasteiger partial charge in [0.25, 0.3) is 0 Å². The van der Waals surface area contributed by atoms with Gasteiger partial charge in [-0.1, -0.05) is 0 Å². The number of amidine groups is 1. The lowest BCUT2D eigenvalue weighted by Gasteiger charge is -2.21. The summed E-state index contributed by atoms with van der Waals surface area (Å²) in [5.41, 5.74) is 5.51. The van der Waals surface area contributed by atoms with E-state index < -0.39 is 23.5 Å². The second kappa shape index (κ2) is 11.6. The third-order valence-electron chi connectivity index (χ3n) is 5.73. The minimum atomic E-state index is -1.11. The molecule has 1 atom stereocenters. The van der Waals surface area contributed by atoms with Crippen LogP contribution < -0.4 is 35.7 Å². The molecule has 4 rings (SSSR count). The van der Waals surface area contributed by atoms with Crippen molar-refractivity contribution in [2.24, 2.45) is 5.73 Å². The molecule has 14 heteroatoms. The molecular formula is C26H26FN7O6. The summed E-state index contributed by atoms with van der Waals surface area (Å²) in [6.45, 7) is 1.20. The van der Waals surface area contributed by atoms with Gasteiger partial charge in [0.15, 0.2) is 23.1 Å². The number of nitrogens with two attached hydrogens (primary N) is 1. The molecule has 4 aromatic rings. The zero-order valence-electron chi connectivity index (χ0n) is 21.9. The quantitative estimate of drug-likeness (QED) is 0.0990. The molecule has 208 valence electrons. The number of aromatic amines is 1. The van der Waals surface area contributed by atoms with E-state index in [1.54, 1.807) is 18.2 Å². The van der Waals surface area contributed by atoms with Crippen LogP contribution in [0.5, 0.6) is 23.0 Å². The van der Waals surface area contributed by atoms with Crippen molar-refractivity contribution in [1.82, 2.24) is 19.7 Å².